The Balaban J connectivity index is 1.75. The second-order valence-corrected chi connectivity index (χ2v) is 7.51. The third kappa shape index (κ3) is 3.61. The van der Waals surface area contributed by atoms with Crippen molar-refractivity contribution in [1.29, 1.82) is 0 Å². The first-order valence-electron chi connectivity index (χ1n) is 7.96. The van der Waals surface area contributed by atoms with Gasteiger partial charge < -0.3 is 10.3 Å². The number of imidazole rings is 1. The van der Waals surface area contributed by atoms with E-state index in [-0.39, 0.29) is 5.91 Å². The number of amides is 1. The molecule has 2 heterocycles. The van der Waals surface area contributed by atoms with E-state index >= 15 is 0 Å². The summed E-state index contributed by atoms with van der Waals surface area (Å²) >= 11 is 4.84. The summed E-state index contributed by atoms with van der Waals surface area (Å²) in [5.74, 6) is 0.475. The maximum Gasteiger partial charge on any atom is 0.265 e. The highest BCUT2D eigenvalue weighted by Crippen LogP contribution is 2.20. The van der Waals surface area contributed by atoms with Crippen molar-refractivity contribution >= 4 is 56.0 Å². The van der Waals surface area contributed by atoms with Crippen molar-refractivity contribution in [2.75, 3.05) is 0 Å². The van der Waals surface area contributed by atoms with Crippen LogP contribution in [0.2, 0.25) is 0 Å². The molecule has 1 amide bonds. The smallest absolute Gasteiger partial charge is 0.265 e. The van der Waals surface area contributed by atoms with E-state index in [1.165, 1.54) is 11.3 Å². The number of thiophene rings is 1. The number of carbonyl (C=O) groups excluding carboxylic acids is 1. The van der Waals surface area contributed by atoms with Crippen LogP contribution >= 0.6 is 27.3 Å². The Morgan fingerprint density at radius 3 is 2.62 bits per heavy atom. The fourth-order valence-electron chi connectivity index (χ4n) is 2.56. The number of aromatic nitrogens is 2. The monoisotopic (exact) mass is 423 g/mol. The topological polar surface area (TPSA) is 57.8 Å². The molecule has 0 fully saturated rings. The van der Waals surface area contributed by atoms with Gasteiger partial charge in [-0.2, -0.15) is 0 Å². The van der Waals surface area contributed by atoms with Gasteiger partial charge in [-0.15, -0.1) is 11.3 Å². The highest BCUT2D eigenvalue weighted by atomic mass is 79.9. The predicted molar refractivity (Wildman–Crippen MR) is 110 cm³/mol. The van der Waals surface area contributed by atoms with E-state index in [4.69, 9.17) is 0 Å². The Morgan fingerprint density at radius 1 is 1.08 bits per heavy atom. The summed E-state index contributed by atoms with van der Waals surface area (Å²) in [5.41, 5.74) is 3.38. The van der Waals surface area contributed by atoms with Gasteiger partial charge in [0.1, 0.15) is 0 Å². The number of benzene rings is 2. The minimum Gasteiger partial charge on any atom is -0.337 e. The molecule has 4 rings (SSSR count). The van der Waals surface area contributed by atoms with E-state index < -0.39 is 0 Å². The van der Waals surface area contributed by atoms with Crippen LogP contribution in [0.25, 0.3) is 22.8 Å². The zero-order valence-electron chi connectivity index (χ0n) is 13.6. The van der Waals surface area contributed by atoms with Crippen LogP contribution in [0.4, 0.5) is 0 Å². The number of rotatable bonds is 4. The molecule has 0 saturated carbocycles. The number of carbonyl (C=O) groups is 1. The summed E-state index contributed by atoms with van der Waals surface area (Å²) in [4.78, 5) is 21.1. The summed E-state index contributed by atoms with van der Waals surface area (Å²) in [6.45, 7) is 0. The van der Waals surface area contributed by atoms with E-state index in [1.807, 2.05) is 66.1 Å². The molecule has 0 spiro atoms. The Kier molecular flexibility index (Phi) is 4.69. The van der Waals surface area contributed by atoms with Crippen molar-refractivity contribution in [1.82, 2.24) is 15.3 Å². The van der Waals surface area contributed by atoms with Crippen LogP contribution in [-0.2, 0) is 0 Å². The molecule has 26 heavy (non-hydrogen) atoms. The minimum absolute atomic E-state index is 0.149. The van der Waals surface area contributed by atoms with Gasteiger partial charge in [0, 0.05) is 4.47 Å². The zero-order chi connectivity index (χ0) is 17.9. The van der Waals surface area contributed by atoms with E-state index in [0.29, 0.717) is 16.4 Å². The molecule has 4 nitrogen and oxygen atoms in total. The molecule has 2 N–H and O–H groups in total. The second-order valence-electron chi connectivity index (χ2n) is 5.64. The first kappa shape index (κ1) is 16.8. The number of H-pyrrole nitrogens is 1. The number of nitrogens with zero attached hydrogens (tertiary/aromatic N) is 1. The van der Waals surface area contributed by atoms with Crippen LogP contribution in [0.15, 0.2) is 70.5 Å². The van der Waals surface area contributed by atoms with Gasteiger partial charge in [-0.05, 0) is 47.4 Å². The average Bonchev–Trinajstić information content (AvgIpc) is 3.32. The number of hydrogen-bond acceptors (Lipinski definition) is 3. The summed E-state index contributed by atoms with van der Waals surface area (Å²) in [7, 11) is 0. The largest absolute Gasteiger partial charge is 0.337 e. The first-order chi connectivity index (χ1) is 12.7. The molecular weight excluding hydrogens is 410 g/mol. The lowest BCUT2D eigenvalue weighted by molar-refractivity contribution is 0.0977. The van der Waals surface area contributed by atoms with Crippen molar-refractivity contribution in [3.63, 3.8) is 0 Å². The summed E-state index contributed by atoms with van der Waals surface area (Å²) in [6, 6.07) is 19.3. The third-order valence-electron chi connectivity index (χ3n) is 3.82. The molecule has 0 unspecified atom stereocenters. The number of hydrogen-bond donors (Lipinski definition) is 2. The molecule has 0 saturated heterocycles. The lowest BCUT2D eigenvalue weighted by Crippen LogP contribution is -2.21. The molecule has 6 heteroatoms. The normalized spacial score (nSPS) is 11.7. The lowest BCUT2D eigenvalue weighted by atomic mass is 10.2. The van der Waals surface area contributed by atoms with Crippen LogP contribution < -0.4 is 5.32 Å². The third-order valence-corrected chi connectivity index (χ3v) is 5.22. The van der Waals surface area contributed by atoms with Gasteiger partial charge in [0.2, 0.25) is 0 Å². The van der Waals surface area contributed by atoms with Gasteiger partial charge in [-0.3, -0.25) is 4.79 Å². The molecule has 0 aliphatic carbocycles. The van der Waals surface area contributed by atoms with E-state index in [0.717, 1.165) is 21.1 Å². The van der Waals surface area contributed by atoms with E-state index in [1.54, 1.807) is 6.07 Å². The first-order valence-corrected chi connectivity index (χ1v) is 9.63. The highest BCUT2D eigenvalue weighted by molar-refractivity contribution is 9.10. The molecular formula is C20H14BrN3OS. The summed E-state index contributed by atoms with van der Waals surface area (Å²) in [6.07, 6.45) is 1.91. The van der Waals surface area contributed by atoms with E-state index in [2.05, 4.69) is 31.2 Å². The van der Waals surface area contributed by atoms with Crippen molar-refractivity contribution in [2.24, 2.45) is 0 Å². The molecule has 128 valence electrons. The molecule has 0 aliphatic rings. The minimum atomic E-state index is -0.149. The second kappa shape index (κ2) is 7.27. The van der Waals surface area contributed by atoms with Crippen LogP contribution in [0.5, 0.6) is 0 Å². The molecule has 0 bridgehead atoms. The Bertz CT molecular complexity index is 1050. The molecule has 0 aliphatic heterocycles. The maximum atomic E-state index is 12.6. The van der Waals surface area contributed by atoms with Crippen LogP contribution in [-0.4, -0.2) is 15.9 Å². The molecule has 0 atom stereocenters. The number of nitrogens with one attached hydrogen (secondary N) is 2. The average molecular weight is 424 g/mol. The number of fused-ring (bicyclic) bond motifs is 1. The van der Waals surface area contributed by atoms with E-state index in [9.17, 15) is 4.79 Å². The standard InChI is InChI=1S/C20H14BrN3OS/c21-14-9-7-13(8-10-14)12-17(24-20(25)18-6-3-11-26-18)19-22-15-4-1-2-5-16(15)23-19/h1-12H,(H,22,23)(H,24,25)/b17-12-. The highest BCUT2D eigenvalue weighted by Gasteiger charge is 2.13. The van der Waals surface area contributed by atoms with Crippen molar-refractivity contribution in [3.8, 4) is 0 Å². The zero-order valence-corrected chi connectivity index (χ0v) is 16.0. The number of aromatic amines is 1. The fraction of sp³-hybridized carbons (Fsp3) is 0. The van der Waals surface area contributed by atoms with Gasteiger partial charge in [0.05, 0.1) is 21.6 Å². The van der Waals surface area contributed by atoms with Crippen molar-refractivity contribution in [3.05, 3.63) is 86.8 Å². The quantitative estimate of drug-likeness (QED) is 0.466. The Hall–Kier alpha value is -2.70. The summed E-state index contributed by atoms with van der Waals surface area (Å²) < 4.78 is 1.00. The van der Waals surface area contributed by atoms with Gasteiger partial charge in [0.25, 0.3) is 5.91 Å². The Labute approximate surface area is 162 Å². The number of halogens is 1. The maximum absolute atomic E-state index is 12.6. The molecule has 2 aromatic heterocycles. The fourth-order valence-corrected chi connectivity index (χ4v) is 3.44. The van der Waals surface area contributed by atoms with Crippen LogP contribution in [0.1, 0.15) is 21.1 Å². The SMILES string of the molecule is O=C(N/C(=C\c1ccc(Br)cc1)c1nc2ccccc2[nH]1)c1cccs1. The van der Waals surface area contributed by atoms with Crippen molar-refractivity contribution < 1.29 is 4.79 Å². The van der Waals surface area contributed by atoms with Gasteiger partial charge in [-0.25, -0.2) is 4.98 Å². The number of para-hydroxylation sites is 2. The molecule has 2 aromatic carbocycles. The Morgan fingerprint density at radius 2 is 1.88 bits per heavy atom. The predicted octanol–water partition coefficient (Wildman–Crippen LogP) is 5.32. The van der Waals surface area contributed by atoms with Crippen molar-refractivity contribution in [2.45, 2.75) is 0 Å². The van der Waals surface area contributed by atoms with Crippen LogP contribution in [0.3, 0.4) is 0 Å². The lowest BCUT2D eigenvalue weighted by Gasteiger charge is -2.07. The van der Waals surface area contributed by atoms with Crippen LogP contribution in [0, 0.1) is 0 Å². The molecule has 4 aromatic rings. The summed E-state index contributed by atoms with van der Waals surface area (Å²) in [5, 5.41) is 4.87. The van der Waals surface area contributed by atoms with Gasteiger partial charge in [0.15, 0.2) is 5.82 Å². The van der Waals surface area contributed by atoms with Gasteiger partial charge in [-0.1, -0.05) is 46.3 Å². The molecule has 0 radical (unpaired) electrons. The van der Waals surface area contributed by atoms with Gasteiger partial charge >= 0.3 is 0 Å².